The zero-order chi connectivity index (χ0) is 22.2. The van der Waals surface area contributed by atoms with Gasteiger partial charge in [-0.15, -0.1) is 0 Å². The van der Waals surface area contributed by atoms with Crippen molar-refractivity contribution in [3.8, 4) is 0 Å². The number of amides is 1. The molecule has 1 rings (SSSR count). The molecule has 0 spiro atoms. The van der Waals surface area contributed by atoms with Crippen LogP contribution in [0.3, 0.4) is 0 Å². The van der Waals surface area contributed by atoms with Crippen LogP contribution < -0.4 is 21.3 Å². The highest BCUT2D eigenvalue weighted by atomic mass is 16.1. The van der Waals surface area contributed by atoms with Gasteiger partial charge in [-0.1, -0.05) is 77.6 Å². The van der Waals surface area contributed by atoms with Gasteiger partial charge in [0.05, 0.1) is 0 Å². The van der Waals surface area contributed by atoms with Crippen molar-refractivity contribution >= 4 is 5.91 Å². The van der Waals surface area contributed by atoms with E-state index < -0.39 is 0 Å². The van der Waals surface area contributed by atoms with Crippen molar-refractivity contribution in [3.63, 3.8) is 0 Å². The maximum absolute atomic E-state index is 12.4. The van der Waals surface area contributed by atoms with Crippen LogP contribution in [0.2, 0.25) is 0 Å². The van der Waals surface area contributed by atoms with Gasteiger partial charge in [-0.05, 0) is 64.8 Å². The number of hydrogen-bond donors (Lipinski definition) is 4. The summed E-state index contributed by atoms with van der Waals surface area (Å²) in [5, 5.41) is 13.8. The molecule has 5 nitrogen and oxygen atoms in total. The monoisotopic (exact) mass is 438 g/mol. The Hall–Kier alpha value is -0.650. The Labute approximate surface area is 193 Å². The molecule has 1 aliphatic heterocycles. The Morgan fingerprint density at radius 1 is 0.645 bits per heavy atom. The first-order valence-corrected chi connectivity index (χ1v) is 13.7. The molecule has 0 aliphatic carbocycles. The van der Waals surface area contributed by atoms with Crippen LogP contribution in [0.4, 0.5) is 0 Å². The highest BCUT2D eigenvalue weighted by molar-refractivity contribution is 5.76. The van der Waals surface area contributed by atoms with Crippen LogP contribution in [0.1, 0.15) is 116 Å². The van der Waals surface area contributed by atoms with Crippen LogP contribution in [0, 0.1) is 0 Å². The summed E-state index contributed by atoms with van der Waals surface area (Å²) in [6, 6.07) is 0.326. The molecule has 184 valence electrons. The lowest BCUT2D eigenvalue weighted by atomic mass is 10.0. The number of carbonyl (C=O) groups excluding carboxylic acids is 1. The fourth-order valence-corrected chi connectivity index (χ4v) is 4.34. The maximum Gasteiger partial charge on any atom is 0.221 e. The zero-order valence-electron chi connectivity index (χ0n) is 20.7. The third kappa shape index (κ3) is 19.7. The molecular weight excluding hydrogens is 384 g/mol. The van der Waals surface area contributed by atoms with Gasteiger partial charge in [-0.3, -0.25) is 4.79 Å². The third-order valence-corrected chi connectivity index (χ3v) is 6.36. The topological polar surface area (TPSA) is 65.2 Å². The molecule has 31 heavy (non-hydrogen) atoms. The van der Waals surface area contributed by atoms with E-state index in [1.165, 1.54) is 83.5 Å². The average molecular weight is 439 g/mol. The van der Waals surface area contributed by atoms with Crippen molar-refractivity contribution in [3.05, 3.63) is 0 Å². The summed E-state index contributed by atoms with van der Waals surface area (Å²) in [4.78, 5) is 12.4. The zero-order valence-corrected chi connectivity index (χ0v) is 20.7. The first kappa shape index (κ1) is 28.4. The number of unbranched alkanes of at least 4 members (excludes halogenated alkanes) is 10. The van der Waals surface area contributed by atoms with E-state index in [1.807, 2.05) is 0 Å². The molecule has 1 unspecified atom stereocenters. The van der Waals surface area contributed by atoms with E-state index >= 15 is 0 Å². The smallest absolute Gasteiger partial charge is 0.221 e. The SMILES string of the molecule is CCCCCCCCCCCCCC1CC(=O)NCCCNCCCCNCCCN1. The largest absolute Gasteiger partial charge is 0.356 e. The number of rotatable bonds is 12. The van der Waals surface area contributed by atoms with E-state index in [9.17, 15) is 4.79 Å². The van der Waals surface area contributed by atoms with Gasteiger partial charge in [0.25, 0.3) is 0 Å². The summed E-state index contributed by atoms with van der Waals surface area (Å²) in [6.07, 6.45) is 21.5. The van der Waals surface area contributed by atoms with Gasteiger partial charge in [-0.25, -0.2) is 0 Å². The lowest BCUT2D eigenvalue weighted by Crippen LogP contribution is -2.37. The maximum atomic E-state index is 12.4. The van der Waals surface area contributed by atoms with Gasteiger partial charge in [-0.2, -0.15) is 0 Å². The van der Waals surface area contributed by atoms with Crippen molar-refractivity contribution < 1.29 is 4.79 Å². The van der Waals surface area contributed by atoms with E-state index in [1.54, 1.807) is 0 Å². The van der Waals surface area contributed by atoms with Crippen LogP contribution in [0.25, 0.3) is 0 Å². The lowest BCUT2D eigenvalue weighted by Gasteiger charge is -2.19. The van der Waals surface area contributed by atoms with Crippen LogP contribution in [-0.2, 0) is 4.79 Å². The molecule has 0 saturated carbocycles. The molecule has 0 aromatic carbocycles. The quantitative estimate of drug-likeness (QED) is 0.327. The molecule has 4 N–H and O–H groups in total. The third-order valence-electron chi connectivity index (χ3n) is 6.36. The van der Waals surface area contributed by atoms with Gasteiger partial charge >= 0.3 is 0 Å². The second-order valence-corrected chi connectivity index (χ2v) is 9.44. The van der Waals surface area contributed by atoms with Gasteiger partial charge < -0.3 is 21.3 Å². The first-order valence-electron chi connectivity index (χ1n) is 13.7. The molecular formula is C26H54N4O. The Kier molecular flexibility index (Phi) is 20.6. The van der Waals surface area contributed by atoms with Crippen molar-refractivity contribution in [2.24, 2.45) is 0 Å². The molecule has 1 atom stereocenters. The van der Waals surface area contributed by atoms with Gasteiger partial charge in [0.2, 0.25) is 5.91 Å². The van der Waals surface area contributed by atoms with E-state index in [0.29, 0.717) is 12.5 Å². The minimum atomic E-state index is 0.211. The lowest BCUT2D eigenvalue weighted by molar-refractivity contribution is -0.121. The standard InChI is InChI=1S/C26H54N4O/c1-2-3-4-5-6-7-8-9-10-11-12-17-25-24-26(31)30-23-16-21-28-19-14-13-18-27-20-15-22-29-25/h25,27-29H,2-24H2,1H3,(H,30,31). The summed E-state index contributed by atoms with van der Waals surface area (Å²) >= 11 is 0. The molecule has 1 aliphatic rings. The normalized spacial score (nSPS) is 20.8. The predicted molar refractivity (Wildman–Crippen MR) is 135 cm³/mol. The van der Waals surface area contributed by atoms with Crippen molar-refractivity contribution in [1.82, 2.24) is 21.3 Å². The molecule has 1 fully saturated rings. The highest BCUT2D eigenvalue weighted by Gasteiger charge is 2.13. The first-order chi connectivity index (χ1) is 15.3. The van der Waals surface area contributed by atoms with Gasteiger partial charge in [0.15, 0.2) is 0 Å². The second-order valence-electron chi connectivity index (χ2n) is 9.44. The molecule has 1 saturated heterocycles. The van der Waals surface area contributed by atoms with E-state index in [0.717, 1.165) is 58.5 Å². The second kappa shape index (κ2) is 22.5. The summed E-state index contributed by atoms with van der Waals surface area (Å²) in [5.74, 6) is 0.211. The summed E-state index contributed by atoms with van der Waals surface area (Å²) in [7, 11) is 0. The molecule has 1 amide bonds. The molecule has 0 aromatic rings. The Bertz CT molecular complexity index is 392. The van der Waals surface area contributed by atoms with Crippen molar-refractivity contribution in [2.75, 3.05) is 39.3 Å². The van der Waals surface area contributed by atoms with Gasteiger partial charge in [0, 0.05) is 19.0 Å². The van der Waals surface area contributed by atoms with Crippen LogP contribution >= 0.6 is 0 Å². The highest BCUT2D eigenvalue weighted by Crippen LogP contribution is 2.13. The molecule has 0 bridgehead atoms. The molecule has 1 heterocycles. The summed E-state index contributed by atoms with van der Waals surface area (Å²) in [5.41, 5.74) is 0. The number of nitrogens with one attached hydrogen (secondary N) is 4. The van der Waals surface area contributed by atoms with Crippen molar-refractivity contribution in [2.45, 2.75) is 122 Å². The van der Waals surface area contributed by atoms with Gasteiger partial charge in [0.1, 0.15) is 0 Å². The van der Waals surface area contributed by atoms with Crippen LogP contribution in [0.5, 0.6) is 0 Å². The number of hydrogen-bond acceptors (Lipinski definition) is 4. The Morgan fingerprint density at radius 3 is 1.77 bits per heavy atom. The minimum absolute atomic E-state index is 0.211. The Morgan fingerprint density at radius 2 is 1.16 bits per heavy atom. The Balaban J connectivity index is 2.16. The molecule has 0 radical (unpaired) electrons. The summed E-state index contributed by atoms with van der Waals surface area (Å²) < 4.78 is 0. The minimum Gasteiger partial charge on any atom is -0.356 e. The summed E-state index contributed by atoms with van der Waals surface area (Å²) in [6.45, 7) is 8.34. The van der Waals surface area contributed by atoms with Crippen molar-refractivity contribution in [1.29, 1.82) is 0 Å². The van der Waals surface area contributed by atoms with Crippen LogP contribution in [0.15, 0.2) is 0 Å². The van der Waals surface area contributed by atoms with E-state index in [4.69, 9.17) is 0 Å². The molecule has 5 heteroatoms. The fourth-order valence-electron chi connectivity index (χ4n) is 4.34. The fraction of sp³-hybridized carbons (Fsp3) is 0.962. The van der Waals surface area contributed by atoms with E-state index in [-0.39, 0.29) is 5.91 Å². The van der Waals surface area contributed by atoms with E-state index in [2.05, 4.69) is 28.2 Å². The average Bonchev–Trinajstić information content (AvgIpc) is 2.77. The predicted octanol–water partition coefficient (Wildman–Crippen LogP) is 4.91. The number of carbonyl (C=O) groups is 1. The molecule has 0 aromatic heterocycles. The van der Waals surface area contributed by atoms with Crippen LogP contribution in [-0.4, -0.2) is 51.2 Å².